The first kappa shape index (κ1) is 22.0. The number of hydrogen-bond acceptors (Lipinski definition) is 5. The van der Waals surface area contributed by atoms with E-state index in [0.717, 1.165) is 11.3 Å². The molecule has 3 rings (SSSR count). The first-order chi connectivity index (χ1) is 15.0. The van der Waals surface area contributed by atoms with Gasteiger partial charge in [-0.05, 0) is 36.2 Å². The molecule has 0 fully saturated rings. The van der Waals surface area contributed by atoms with Gasteiger partial charge in [-0.3, -0.25) is 9.59 Å². The lowest BCUT2D eigenvalue weighted by atomic mass is 10.0. The second-order valence-corrected chi connectivity index (χ2v) is 7.33. The van der Waals surface area contributed by atoms with Crippen LogP contribution in [-0.2, 0) is 11.2 Å². The van der Waals surface area contributed by atoms with Gasteiger partial charge >= 0.3 is 0 Å². The van der Waals surface area contributed by atoms with Gasteiger partial charge in [0.15, 0.2) is 5.66 Å². The molecular formula is C24H26N4O3. The fraction of sp³-hybridized carbons (Fsp3) is 0.333. The Morgan fingerprint density at radius 2 is 1.84 bits per heavy atom. The van der Waals surface area contributed by atoms with Gasteiger partial charge in [0.1, 0.15) is 5.75 Å². The Balaban J connectivity index is 1.50. The molecule has 1 aliphatic heterocycles. The molecule has 31 heavy (non-hydrogen) atoms. The first-order valence-corrected chi connectivity index (χ1v) is 10.2. The van der Waals surface area contributed by atoms with E-state index in [0.29, 0.717) is 43.5 Å². The summed E-state index contributed by atoms with van der Waals surface area (Å²) in [7, 11) is 1.62. The minimum Gasteiger partial charge on any atom is -0.497 e. The monoisotopic (exact) mass is 418 g/mol. The normalized spacial score (nSPS) is 13.2. The fourth-order valence-electron chi connectivity index (χ4n) is 3.19. The van der Waals surface area contributed by atoms with Crippen LogP contribution in [0, 0.1) is 12.3 Å². The van der Waals surface area contributed by atoms with Gasteiger partial charge in [0, 0.05) is 32.2 Å². The third kappa shape index (κ3) is 6.41. The molecule has 2 N–H and O–H groups in total. The van der Waals surface area contributed by atoms with Crippen molar-refractivity contribution in [1.82, 2.24) is 5.32 Å². The number of carbonyl (C=O) groups is 2. The highest BCUT2D eigenvalue weighted by Crippen LogP contribution is 2.37. The Hall–Kier alpha value is -3.66. The molecule has 0 saturated carbocycles. The molecule has 7 heteroatoms. The van der Waals surface area contributed by atoms with E-state index in [1.54, 1.807) is 31.4 Å². The number of benzene rings is 2. The molecule has 1 heterocycles. The quantitative estimate of drug-likeness (QED) is 0.541. The predicted octanol–water partition coefficient (Wildman–Crippen LogP) is 3.96. The third-order valence-corrected chi connectivity index (χ3v) is 5.11. The Kier molecular flexibility index (Phi) is 7.39. The topological polar surface area (TPSA) is 92.2 Å². The number of nitrogens with one attached hydrogen (secondary N) is 2. The van der Waals surface area contributed by atoms with Crippen LogP contribution in [0.5, 0.6) is 5.75 Å². The van der Waals surface area contributed by atoms with Crippen molar-refractivity contribution in [1.29, 1.82) is 0 Å². The number of hydrogen-bond donors (Lipinski definition) is 2. The summed E-state index contributed by atoms with van der Waals surface area (Å²) in [6, 6.07) is 14.7. The van der Waals surface area contributed by atoms with Crippen LogP contribution >= 0.6 is 0 Å². The molecule has 2 amide bonds. The second kappa shape index (κ2) is 10.4. The molecule has 0 aliphatic carbocycles. The van der Waals surface area contributed by atoms with Crippen molar-refractivity contribution in [2.75, 3.05) is 19.0 Å². The molecule has 0 aromatic heterocycles. The van der Waals surface area contributed by atoms with E-state index in [1.807, 2.05) is 24.3 Å². The van der Waals surface area contributed by atoms with Gasteiger partial charge < -0.3 is 15.4 Å². The van der Waals surface area contributed by atoms with Crippen LogP contribution in [-0.4, -0.2) is 31.1 Å². The molecule has 0 spiro atoms. The number of carbonyl (C=O) groups excluding carboxylic acids is 2. The van der Waals surface area contributed by atoms with Gasteiger partial charge in [0.25, 0.3) is 5.91 Å². The number of nitrogens with zero attached hydrogens (tertiary/aromatic N) is 2. The zero-order valence-electron chi connectivity index (χ0n) is 17.6. The Morgan fingerprint density at radius 1 is 1.10 bits per heavy atom. The summed E-state index contributed by atoms with van der Waals surface area (Å²) in [6.45, 7) is 0.480. The Bertz CT molecular complexity index is 987. The molecule has 160 valence electrons. The summed E-state index contributed by atoms with van der Waals surface area (Å²) < 4.78 is 5.15. The van der Waals surface area contributed by atoms with Crippen LogP contribution in [0.15, 0.2) is 58.8 Å². The van der Waals surface area contributed by atoms with E-state index in [2.05, 4.69) is 26.8 Å². The number of anilines is 1. The van der Waals surface area contributed by atoms with Crippen LogP contribution in [0.2, 0.25) is 0 Å². The van der Waals surface area contributed by atoms with Crippen LogP contribution in [0.25, 0.3) is 0 Å². The average molecular weight is 418 g/mol. The summed E-state index contributed by atoms with van der Waals surface area (Å²) in [5, 5.41) is 13.8. The first-order valence-electron chi connectivity index (χ1n) is 10.2. The Labute approximate surface area is 182 Å². The maximum absolute atomic E-state index is 12.7. The van der Waals surface area contributed by atoms with Crippen molar-refractivity contribution in [3.63, 3.8) is 0 Å². The van der Waals surface area contributed by atoms with E-state index in [1.165, 1.54) is 0 Å². The van der Waals surface area contributed by atoms with E-state index in [9.17, 15) is 9.59 Å². The van der Waals surface area contributed by atoms with Crippen molar-refractivity contribution in [2.24, 2.45) is 10.2 Å². The summed E-state index contributed by atoms with van der Waals surface area (Å²) in [6.07, 6.45) is 7.98. The van der Waals surface area contributed by atoms with Gasteiger partial charge in [-0.25, -0.2) is 0 Å². The predicted molar refractivity (Wildman–Crippen MR) is 119 cm³/mol. The molecule has 0 bridgehead atoms. The lowest BCUT2D eigenvalue weighted by Crippen LogP contribution is -2.27. The number of amides is 2. The zero-order chi connectivity index (χ0) is 22.1. The summed E-state index contributed by atoms with van der Waals surface area (Å²) in [4.78, 5) is 25.1. The van der Waals surface area contributed by atoms with Gasteiger partial charge in [-0.1, -0.05) is 24.3 Å². The largest absolute Gasteiger partial charge is 0.497 e. The van der Waals surface area contributed by atoms with Crippen LogP contribution in [0.4, 0.5) is 5.69 Å². The summed E-state index contributed by atoms with van der Waals surface area (Å²) >= 11 is 0. The van der Waals surface area contributed by atoms with Crippen molar-refractivity contribution in [3.8, 4) is 18.1 Å². The standard InChI is InChI=1S/C24H26N4O3/c1-3-4-15-24(27-28-24)16-13-22(29)26-21-8-6-5-7-20(21)23(30)25-17-14-18-9-11-19(31-2)12-10-18/h1,5-12H,4,13-17H2,2H3,(H,25,30)(H,26,29). The van der Waals surface area contributed by atoms with Crippen molar-refractivity contribution in [2.45, 2.75) is 37.8 Å². The molecule has 2 aromatic carbocycles. The maximum atomic E-state index is 12.7. The number of rotatable bonds is 11. The second-order valence-electron chi connectivity index (χ2n) is 7.33. The Morgan fingerprint density at radius 3 is 2.52 bits per heavy atom. The average Bonchev–Trinajstić information content (AvgIpc) is 3.57. The third-order valence-electron chi connectivity index (χ3n) is 5.11. The van der Waals surface area contributed by atoms with Crippen LogP contribution in [0.1, 0.15) is 41.6 Å². The molecule has 0 radical (unpaired) electrons. The molecule has 0 saturated heterocycles. The number of ether oxygens (including phenoxy) is 1. The van der Waals surface area contributed by atoms with Crippen molar-refractivity contribution >= 4 is 17.5 Å². The van der Waals surface area contributed by atoms with Gasteiger partial charge in [0.05, 0.1) is 18.4 Å². The van der Waals surface area contributed by atoms with Gasteiger partial charge in [0.2, 0.25) is 5.91 Å². The lowest BCUT2D eigenvalue weighted by Gasteiger charge is -2.13. The summed E-state index contributed by atoms with van der Waals surface area (Å²) in [5.41, 5.74) is 1.50. The van der Waals surface area contributed by atoms with Gasteiger partial charge in [-0.15, -0.1) is 12.3 Å². The van der Waals surface area contributed by atoms with Crippen LogP contribution < -0.4 is 15.4 Å². The van der Waals surface area contributed by atoms with E-state index in [4.69, 9.17) is 11.2 Å². The van der Waals surface area contributed by atoms with E-state index >= 15 is 0 Å². The molecule has 2 aromatic rings. The SMILES string of the molecule is C#CCCC1(CCC(=O)Nc2ccccc2C(=O)NCCc2ccc(OC)cc2)N=N1. The minimum absolute atomic E-state index is 0.184. The zero-order valence-corrected chi connectivity index (χ0v) is 17.6. The molecule has 7 nitrogen and oxygen atoms in total. The van der Waals surface area contributed by atoms with E-state index < -0.39 is 5.66 Å². The number of methoxy groups -OCH3 is 1. The number of para-hydroxylation sites is 1. The molecular weight excluding hydrogens is 392 g/mol. The smallest absolute Gasteiger partial charge is 0.253 e. The maximum Gasteiger partial charge on any atom is 0.253 e. The molecule has 0 atom stereocenters. The highest BCUT2D eigenvalue weighted by molar-refractivity contribution is 6.03. The molecule has 0 unspecified atom stereocenters. The lowest BCUT2D eigenvalue weighted by molar-refractivity contribution is -0.116. The van der Waals surface area contributed by atoms with Gasteiger partial charge in [-0.2, -0.15) is 10.2 Å². The highest BCUT2D eigenvalue weighted by atomic mass is 16.5. The minimum atomic E-state index is -0.498. The van der Waals surface area contributed by atoms with Crippen LogP contribution in [0.3, 0.4) is 0 Å². The van der Waals surface area contributed by atoms with Crippen molar-refractivity contribution < 1.29 is 14.3 Å². The molecule has 1 aliphatic rings. The highest BCUT2D eigenvalue weighted by Gasteiger charge is 2.39. The van der Waals surface area contributed by atoms with Crippen molar-refractivity contribution in [3.05, 3.63) is 59.7 Å². The van der Waals surface area contributed by atoms with E-state index in [-0.39, 0.29) is 18.2 Å². The summed E-state index contributed by atoms with van der Waals surface area (Å²) in [5.74, 6) is 2.95. The number of terminal acetylenes is 1. The fourth-order valence-corrected chi connectivity index (χ4v) is 3.19.